The highest BCUT2D eigenvalue weighted by molar-refractivity contribution is 5.92. The van der Waals surface area contributed by atoms with Gasteiger partial charge in [0.1, 0.15) is 5.69 Å². The number of aryl methyl sites for hydroxylation is 1. The average Bonchev–Trinajstić information content (AvgIpc) is 2.83. The van der Waals surface area contributed by atoms with Gasteiger partial charge in [-0.1, -0.05) is 24.3 Å². The van der Waals surface area contributed by atoms with Crippen LogP contribution in [0.25, 0.3) is 0 Å². The Labute approximate surface area is 109 Å². The third kappa shape index (κ3) is 2.27. The molecule has 1 amide bonds. The first-order chi connectivity index (χ1) is 9.24. The van der Waals surface area contributed by atoms with Crippen molar-refractivity contribution in [2.24, 2.45) is 0 Å². The highest BCUT2D eigenvalue weighted by Gasteiger charge is 2.24. The van der Waals surface area contributed by atoms with Crippen LogP contribution in [0.3, 0.4) is 0 Å². The molecule has 5 nitrogen and oxygen atoms in total. The Kier molecular flexibility index (Phi) is 2.87. The van der Waals surface area contributed by atoms with Gasteiger partial charge in [-0.3, -0.25) is 9.59 Å². The van der Waals surface area contributed by atoms with E-state index in [0.29, 0.717) is 0 Å². The van der Waals surface area contributed by atoms with Gasteiger partial charge < -0.3 is 5.32 Å². The number of aromatic amines is 1. The van der Waals surface area contributed by atoms with Crippen LogP contribution in [0, 0.1) is 0 Å². The average molecular weight is 255 g/mol. The Morgan fingerprint density at radius 2 is 2.11 bits per heavy atom. The van der Waals surface area contributed by atoms with E-state index in [1.165, 1.54) is 23.3 Å². The standard InChI is InChI=1S/C14H13N3O2/c18-13-8-7-12(16-17-13)14(19)15-11-6-5-9-3-1-2-4-10(9)11/h1-4,7-8,11H,5-6H2,(H,15,19)(H,17,18). The van der Waals surface area contributed by atoms with Crippen LogP contribution in [0.5, 0.6) is 0 Å². The third-order valence-electron chi connectivity index (χ3n) is 3.35. The number of nitrogens with zero attached hydrogens (tertiary/aromatic N) is 1. The molecule has 0 bridgehead atoms. The van der Waals surface area contributed by atoms with Crippen LogP contribution in [-0.4, -0.2) is 16.1 Å². The predicted octanol–water partition coefficient (Wildman–Crippen LogP) is 1.19. The SMILES string of the molecule is O=C(NC1CCc2ccccc21)c1ccc(=O)[nH]n1. The number of amides is 1. The van der Waals surface area contributed by atoms with E-state index in [-0.39, 0.29) is 23.2 Å². The molecular weight excluding hydrogens is 242 g/mol. The lowest BCUT2D eigenvalue weighted by atomic mass is 10.1. The van der Waals surface area contributed by atoms with Gasteiger partial charge in [-0.15, -0.1) is 0 Å². The number of fused-ring (bicyclic) bond motifs is 1. The number of hydrogen-bond acceptors (Lipinski definition) is 3. The number of aromatic nitrogens is 2. The van der Waals surface area contributed by atoms with Crippen LogP contribution in [0.15, 0.2) is 41.2 Å². The summed E-state index contributed by atoms with van der Waals surface area (Å²) in [5.41, 5.74) is 2.36. The van der Waals surface area contributed by atoms with Crippen LogP contribution >= 0.6 is 0 Å². The van der Waals surface area contributed by atoms with Gasteiger partial charge in [-0.2, -0.15) is 5.10 Å². The lowest BCUT2D eigenvalue weighted by molar-refractivity contribution is 0.0930. The summed E-state index contributed by atoms with van der Waals surface area (Å²) < 4.78 is 0. The maximum Gasteiger partial charge on any atom is 0.272 e. The van der Waals surface area contributed by atoms with Crippen molar-refractivity contribution in [3.05, 3.63) is 63.6 Å². The molecule has 1 atom stereocenters. The fraction of sp³-hybridized carbons (Fsp3) is 0.214. The van der Waals surface area contributed by atoms with Gasteiger partial charge in [-0.05, 0) is 30.0 Å². The summed E-state index contributed by atoms with van der Waals surface area (Å²) in [6.07, 6.45) is 1.87. The topological polar surface area (TPSA) is 74.8 Å². The van der Waals surface area contributed by atoms with Gasteiger partial charge >= 0.3 is 0 Å². The summed E-state index contributed by atoms with van der Waals surface area (Å²) in [6.45, 7) is 0. The van der Waals surface area contributed by atoms with Crippen molar-refractivity contribution in [1.82, 2.24) is 15.5 Å². The molecule has 2 N–H and O–H groups in total. The van der Waals surface area contributed by atoms with Crippen molar-refractivity contribution in [3.63, 3.8) is 0 Å². The van der Waals surface area contributed by atoms with E-state index < -0.39 is 0 Å². The van der Waals surface area contributed by atoms with E-state index in [1.54, 1.807) is 0 Å². The summed E-state index contributed by atoms with van der Waals surface area (Å²) in [4.78, 5) is 22.9. The maximum absolute atomic E-state index is 12.0. The molecule has 0 radical (unpaired) electrons. The third-order valence-corrected chi connectivity index (χ3v) is 3.35. The van der Waals surface area contributed by atoms with E-state index in [2.05, 4.69) is 21.6 Å². The van der Waals surface area contributed by atoms with E-state index in [0.717, 1.165) is 12.8 Å². The van der Waals surface area contributed by atoms with Crippen molar-refractivity contribution in [1.29, 1.82) is 0 Å². The molecule has 0 aliphatic heterocycles. The van der Waals surface area contributed by atoms with Crippen molar-refractivity contribution in [2.45, 2.75) is 18.9 Å². The molecule has 1 unspecified atom stereocenters. The second-order valence-electron chi connectivity index (χ2n) is 4.57. The van der Waals surface area contributed by atoms with Gasteiger partial charge in [0.2, 0.25) is 0 Å². The predicted molar refractivity (Wildman–Crippen MR) is 69.8 cm³/mol. The highest BCUT2D eigenvalue weighted by atomic mass is 16.2. The summed E-state index contributed by atoms with van der Waals surface area (Å²) in [5, 5.41) is 8.93. The Morgan fingerprint density at radius 1 is 1.26 bits per heavy atom. The number of benzene rings is 1. The summed E-state index contributed by atoms with van der Waals surface area (Å²) in [5.74, 6) is -0.266. The first-order valence-corrected chi connectivity index (χ1v) is 6.18. The second kappa shape index (κ2) is 4.68. The molecule has 2 aromatic rings. The van der Waals surface area contributed by atoms with E-state index in [1.807, 2.05) is 18.2 Å². The zero-order valence-corrected chi connectivity index (χ0v) is 10.2. The minimum atomic E-state index is -0.317. The monoisotopic (exact) mass is 255 g/mol. The molecular formula is C14H13N3O2. The molecule has 1 aromatic carbocycles. The molecule has 1 aliphatic carbocycles. The van der Waals surface area contributed by atoms with Gasteiger partial charge in [0.25, 0.3) is 11.5 Å². The lowest BCUT2D eigenvalue weighted by Crippen LogP contribution is -2.28. The maximum atomic E-state index is 12.0. The van der Waals surface area contributed by atoms with Crippen molar-refractivity contribution >= 4 is 5.91 Å². The van der Waals surface area contributed by atoms with Crippen molar-refractivity contribution < 1.29 is 4.79 Å². The molecule has 0 fully saturated rings. The quantitative estimate of drug-likeness (QED) is 0.846. The van der Waals surface area contributed by atoms with Crippen LogP contribution in [-0.2, 0) is 6.42 Å². The normalized spacial score (nSPS) is 16.9. The van der Waals surface area contributed by atoms with Gasteiger partial charge in [0.15, 0.2) is 0 Å². The molecule has 1 aromatic heterocycles. The molecule has 3 rings (SSSR count). The fourth-order valence-electron chi connectivity index (χ4n) is 2.41. The highest BCUT2D eigenvalue weighted by Crippen LogP contribution is 2.30. The van der Waals surface area contributed by atoms with E-state index in [9.17, 15) is 9.59 Å². The molecule has 0 spiro atoms. The first kappa shape index (κ1) is 11.6. The number of rotatable bonds is 2. The zero-order chi connectivity index (χ0) is 13.2. The first-order valence-electron chi connectivity index (χ1n) is 6.18. The lowest BCUT2D eigenvalue weighted by Gasteiger charge is -2.13. The minimum Gasteiger partial charge on any atom is -0.344 e. The number of H-pyrrole nitrogens is 1. The largest absolute Gasteiger partial charge is 0.344 e. The molecule has 0 saturated heterocycles. The molecule has 96 valence electrons. The van der Waals surface area contributed by atoms with Crippen LogP contribution < -0.4 is 10.9 Å². The Hall–Kier alpha value is -2.43. The van der Waals surface area contributed by atoms with Gasteiger partial charge in [-0.25, -0.2) is 5.10 Å². The van der Waals surface area contributed by atoms with Crippen LogP contribution in [0.1, 0.15) is 34.1 Å². The van der Waals surface area contributed by atoms with Crippen LogP contribution in [0.2, 0.25) is 0 Å². The minimum absolute atomic E-state index is 0.0254. The van der Waals surface area contributed by atoms with Crippen molar-refractivity contribution in [2.75, 3.05) is 0 Å². The summed E-state index contributed by atoms with van der Waals surface area (Å²) in [7, 11) is 0. The molecule has 0 saturated carbocycles. The summed E-state index contributed by atoms with van der Waals surface area (Å²) in [6, 6.07) is 10.8. The summed E-state index contributed by atoms with van der Waals surface area (Å²) >= 11 is 0. The Morgan fingerprint density at radius 3 is 2.89 bits per heavy atom. The van der Waals surface area contributed by atoms with E-state index in [4.69, 9.17) is 0 Å². The number of carbonyl (C=O) groups is 1. The molecule has 1 heterocycles. The van der Waals surface area contributed by atoms with Gasteiger partial charge in [0, 0.05) is 6.07 Å². The smallest absolute Gasteiger partial charge is 0.272 e. The molecule has 5 heteroatoms. The second-order valence-corrected chi connectivity index (χ2v) is 4.57. The number of hydrogen-bond donors (Lipinski definition) is 2. The molecule has 19 heavy (non-hydrogen) atoms. The van der Waals surface area contributed by atoms with Crippen LogP contribution in [0.4, 0.5) is 0 Å². The molecule has 1 aliphatic rings. The Balaban J connectivity index is 1.78. The number of carbonyl (C=O) groups excluding carboxylic acids is 1. The Bertz CT molecular complexity index is 658. The van der Waals surface area contributed by atoms with Crippen molar-refractivity contribution in [3.8, 4) is 0 Å². The van der Waals surface area contributed by atoms with E-state index >= 15 is 0 Å². The van der Waals surface area contributed by atoms with Gasteiger partial charge in [0.05, 0.1) is 6.04 Å². The zero-order valence-electron chi connectivity index (χ0n) is 10.2. The number of nitrogens with one attached hydrogen (secondary N) is 2. The fourth-order valence-corrected chi connectivity index (χ4v) is 2.41.